The Morgan fingerprint density at radius 1 is 1.25 bits per heavy atom. The molecule has 2 aromatic rings. The number of fused-ring (bicyclic) bond motifs is 1. The Balaban J connectivity index is 2.12. The molecule has 0 unspecified atom stereocenters. The molecule has 0 saturated carbocycles. The number of rotatable bonds is 3. The molecule has 1 aliphatic heterocycles. The lowest BCUT2D eigenvalue weighted by Gasteiger charge is -2.29. The van der Waals surface area contributed by atoms with Gasteiger partial charge >= 0.3 is 5.97 Å². The van der Waals surface area contributed by atoms with Gasteiger partial charge in [-0.25, -0.2) is 27.0 Å². The highest BCUT2D eigenvalue weighted by Crippen LogP contribution is 2.34. The van der Waals surface area contributed by atoms with Gasteiger partial charge in [-0.1, -0.05) is 0 Å². The van der Waals surface area contributed by atoms with Crippen LogP contribution in [0.4, 0.5) is 14.5 Å². The standard InChI is InChI=1S/C14H10F2N2O5S/c15-10-2-1-9(6-11(10)16)24(21,22)18-3-4-23-13-12(18)5-8(7-17-13)14(19)20/h1-2,5-7H,3-4H2,(H,19,20). The monoisotopic (exact) mass is 356 g/mol. The summed E-state index contributed by atoms with van der Waals surface area (Å²) in [4.78, 5) is 14.4. The van der Waals surface area contributed by atoms with E-state index in [1.54, 1.807) is 0 Å². The zero-order valence-electron chi connectivity index (χ0n) is 11.9. The van der Waals surface area contributed by atoms with Crippen LogP contribution < -0.4 is 9.04 Å². The fourth-order valence-corrected chi connectivity index (χ4v) is 3.66. The van der Waals surface area contributed by atoms with Crippen LogP contribution in [-0.4, -0.2) is 37.6 Å². The number of pyridine rings is 1. The lowest BCUT2D eigenvalue weighted by atomic mass is 10.2. The van der Waals surface area contributed by atoms with Crippen molar-refractivity contribution in [3.63, 3.8) is 0 Å². The van der Waals surface area contributed by atoms with Gasteiger partial charge < -0.3 is 9.84 Å². The predicted molar refractivity (Wildman–Crippen MR) is 77.6 cm³/mol. The number of ether oxygens (including phenoxy) is 1. The van der Waals surface area contributed by atoms with Gasteiger partial charge in [-0.15, -0.1) is 0 Å². The van der Waals surface area contributed by atoms with Crippen molar-refractivity contribution in [2.24, 2.45) is 0 Å². The molecule has 0 bridgehead atoms. The minimum atomic E-state index is -4.24. The molecule has 1 N–H and O–H groups in total. The Kier molecular flexibility index (Phi) is 3.84. The van der Waals surface area contributed by atoms with Crippen molar-refractivity contribution in [1.82, 2.24) is 4.98 Å². The number of hydrogen-bond donors (Lipinski definition) is 1. The first-order chi connectivity index (χ1) is 11.3. The van der Waals surface area contributed by atoms with Gasteiger partial charge in [0.05, 0.1) is 17.0 Å². The molecule has 24 heavy (non-hydrogen) atoms. The molecule has 2 heterocycles. The van der Waals surface area contributed by atoms with E-state index in [1.165, 1.54) is 0 Å². The molecule has 1 aromatic carbocycles. The Labute approximate surface area is 135 Å². The average Bonchev–Trinajstić information content (AvgIpc) is 2.56. The quantitative estimate of drug-likeness (QED) is 0.898. The van der Waals surface area contributed by atoms with Crippen LogP contribution in [0.1, 0.15) is 10.4 Å². The highest BCUT2D eigenvalue weighted by molar-refractivity contribution is 7.92. The van der Waals surface area contributed by atoms with Crippen LogP contribution in [0.2, 0.25) is 0 Å². The maximum atomic E-state index is 13.4. The maximum Gasteiger partial charge on any atom is 0.337 e. The van der Waals surface area contributed by atoms with E-state index in [4.69, 9.17) is 9.84 Å². The van der Waals surface area contributed by atoms with Gasteiger partial charge in [0.1, 0.15) is 12.3 Å². The lowest BCUT2D eigenvalue weighted by molar-refractivity contribution is 0.0696. The van der Waals surface area contributed by atoms with Crippen LogP contribution in [0.3, 0.4) is 0 Å². The number of aromatic nitrogens is 1. The summed E-state index contributed by atoms with van der Waals surface area (Å²) < 4.78 is 57.9. The van der Waals surface area contributed by atoms with E-state index in [0.29, 0.717) is 12.1 Å². The molecule has 7 nitrogen and oxygen atoms in total. The van der Waals surface area contributed by atoms with Gasteiger partial charge in [0, 0.05) is 6.20 Å². The third kappa shape index (κ3) is 2.64. The van der Waals surface area contributed by atoms with Gasteiger partial charge in [-0.3, -0.25) is 4.31 Å². The molecule has 3 rings (SSSR count). The van der Waals surface area contributed by atoms with Gasteiger partial charge in [0.25, 0.3) is 10.0 Å². The number of nitrogens with zero attached hydrogens (tertiary/aromatic N) is 2. The smallest absolute Gasteiger partial charge is 0.337 e. The second-order valence-corrected chi connectivity index (χ2v) is 6.72. The highest BCUT2D eigenvalue weighted by Gasteiger charge is 2.32. The third-order valence-corrected chi connectivity index (χ3v) is 5.17. The normalized spacial score (nSPS) is 14.0. The molecule has 1 aromatic heterocycles. The van der Waals surface area contributed by atoms with Crippen molar-refractivity contribution in [3.8, 4) is 5.88 Å². The van der Waals surface area contributed by atoms with E-state index < -0.39 is 32.5 Å². The minimum absolute atomic E-state index is 0.0185. The number of anilines is 1. The van der Waals surface area contributed by atoms with Gasteiger partial charge in [0.15, 0.2) is 11.6 Å². The largest absolute Gasteiger partial charge is 0.478 e. The summed E-state index contributed by atoms with van der Waals surface area (Å²) in [6, 6.07) is 3.29. The maximum absolute atomic E-state index is 13.4. The Bertz CT molecular complexity index is 933. The molecule has 0 fully saturated rings. The zero-order chi connectivity index (χ0) is 17.5. The number of carbonyl (C=O) groups is 1. The number of halogens is 2. The molecule has 0 radical (unpaired) electrons. The van der Waals surface area contributed by atoms with E-state index in [0.717, 1.165) is 22.6 Å². The van der Waals surface area contributed by atoms with Crippen LogP contribution in [0.5, 0.6) is 5.88 Å². The first kappa shape index (κ1) is 16.1. The van der Waals surface area contributed by atoms with Crippen molar-refractivity contribution in [1.29, 1.82) is 0 Å². The molecule has 0 aliphatic carbocycles. The molecule has 0 atom stereocenters. The topological polar surface area (TPSA) is 96.8 Å². The molecule has 0 spiro atoms. The number of carboxylic acids is 1. The lowest BCUT2D eigenvalue weighted by Crippen LogP contribution is -2.38. The molecule has 0 amide bonds. The summed E-state index contributed by atoms with van der Waals surface area (Å²) in [5.41, 5.74) is -0.310. The van der Waals surface area contributed by atoms with E-state index in [9.17, 15) is 22.0 Å². The van der Waals surface area contributed by atoms with E-state index >= 15 is 0 Å². The molecule has 1 aliphatic rings. The van der Waals surface area contributed by atoms with E-state index in [1.807, 2.05) is 0 Å². The summed E-state index contributed by atoms with van der Waals surface area (Å²) >= 11 is 0. The first-order valence-corrected chi connectivity index (χ1v) is 8.08. The molecule has 126 valence electrons. The molecular weight excluding hydrogens is 346 g/mol. The Morgan fingerprint density at radius 2 is 2.00 bits per heavy atom. The molecule has 0 saturated heterocycles. The number of sulfonamides is 1. The average molecular weight is 356 g/mol. The van der Waals surface area contributed by atoms with Crippen LogP contribution in [-0.2, 0) is 10.0 Å². The van der Waals surface area contributed by atoms with Gasteiger partial charge in [-0.05, 0) is 24.3 Å². The van der Waals surface area contributed by atoms with E-state index in [2.05, 4.69) is 4.98 Å². The summed E-state index contributed by atoms with van der Waals surface area (Å²) in [7, 11) is -4.24. The second kappa shape index (κ2) is 5.71. The summed E-state index contributed by atoms with van der Waals surface area (Å²) in [6.45, 7) is -0.144. The summed E-state index contributed by atoms with van der Waals surface area (Å²) in [6.07, 6.45) is 1.04. The SMILES string of the molecule is O=C(O)c1cnc2c(c1)N(S(=O)(=O)c1ccc(F)c(F)c1)CCO2. The van der Waals surface area contributed by atoms with Crippen molar-refractivity contribution in [3.05, 3.63) is 47.7 Å². The Hall–Kier alpha value is -2.75. The zero-order valence-corrected chi connectivity index (χ0v) is 12.8. The van der Waals surface area contributed by atoms with Gasteiger partial charge in [-0.2, -0.15) is 0 Å². The number of aromatic carboxylic acids is 1. The number of benzene rings is 1. The van der Waals surface area contributed by atoms with Crippen molar-refractivity contribution in [2.75, 3.05) is 17.5 Å². The van der Waals surface area contributed by atoms with Crippen molar-refractivity contribution < 1.29 is 31.8 Å². The summed E-state index contributed by atoms with van der Waals surface area (Å²) in [5, 5.41) is 9.02. The first-order valence-electron chi connectivity index (χ1n) is 6.64. The predicted octanol–water partition coefficient (Wildman–Crippen LogP) is 1.65. The minimum Gasteiger partial charge on any atom is -0.478 e. The molecule has 10 heteroatoms. The fraction of sp³-hybridized carbons (Fsp3) is 0.143. The van der Waals surface area contributed by atoms with Crippen LogP contribution >= 0.6 is 0 Å². The Morgan fingerprint density at radius 3 is 2.67 bits per heavy atom. The fourth-order valence-electron chi connectivity index (χ4n) is 2.21. The van der Waals surface area contributed by atoms with Crippen LogP contribution in [0.15, 0.2) is 35.4 Å². The number of hydrogen-bond acceptors (Lipinski definition) is 5. The molecular formula is C14H10F2N2O5S. The summed E-state index contributed by atoms with van der Waals surface area (Å²) in [5.74, 6) is -3.83. The highest BCUT2D eigenvalue weighted by atomic mass is 32.2. The van der Waals surface area contributed by atoms with Crippen LogP contribution in [0.25, 0.3) is 0 Å². The third-order valence-electron chi connectivity index (χ3n) is 3.36. The van der Waals surface area contributed by atoms with E-state index in [-0.39, 0.29) is 30.3 Å². The second-order valence-electron chi connectivity index (χ2n) is 4.85. The van der Waals surface area contributed by atoms with Crippen molar-refractivity contribution >= 4 is 21.7 Å². The number of carboxylic acid groups (broad SMARTS) is 1. The van der Waals surface area contributed by atoms with Crippen molar-refractivity contribution in [2.45, 2.75) is 4.90 Å². The van der Waals surface area contributed by atoms with Gasteiger partial charge in [0.2, 0.25) is 5.88 Å². The van der Waals surface area contributed by atoms with Crippen LogP contribution in [0, 0.1) is 11.6 Å².